The molecule has 5 heteroatoms. The second-order valence-corrected chi connectivity index (χ2v) is 5.01. The van der Waals surface area contributed by atoms with Gasteiger partial charge in [-0.25, -0.2) is 0 Å². The molecular weight excluding hydrogens is 329 g/mol. The maximum absolute atomic E-state index is 9.88. The highest BCUT2D eigenvalue weighted by Crippen LogP contribution is 2.28. The third kappa shape index (κ3) is 6.45. The maximum Gasteiger partial charge on any atom is 0.191 e. The van der Waals surface area contributed by atoms with Crippen molar-refractivity contribution in [2.75, 3.05) is 13.1 Å². The number of nitrogens with one attached hydrogen (secondary N) is 2. The van der Waals surface area contributed by atoms with Gasteiger partial charge >= 0.3 is 0 Å². The fourth-order valence-electron chi connectivity index (χ4n) is 1.38. The highest BCUT2D eigenvalue weighted by Gasteiger charge is 2.33. The molecule has 0 bridgehead atoms. The van der Waals surface area contributed by atoms with Crippen molar-refractivity contribution >= 4 is 29.9 Å². The minimum atomic E-state index is -0.697. The molecule has 0 heterocycles. The first-order valence-electron chi connectivity index (χ1n) is 6.25. The molecule has 102 valence electrons. The first-order chi connectivity index (χ1) is 7.48. The smallest absolute Gasteiger partial charge is 0.191 e. The molecule has 0 aromatic heterocycles. The summed E-state index contributed by atoms with van der Waals surface area (Å²) in [5.74, 6) is 1.57. The number of hydrogen-bond acceptors (Lipinski definition) is 2. The average molecular weight is 355 g/mol. The van der Waals surface area contributed by atoms with Crippen LogP contribution in [0, 0.1) is 5.92 Å². The van der Waals surface area contributed by atoms with E-state index >= 15 is 0 Å². The van der Waals surface area contributed by atoms with E-state index in [1.54, 1.807) is 0 Å². The average Bonchev–Trinajstić information content (AvgIpc) is 2.91. The number of guanidine groups is 1. The van der Waals surface area contributed by atoms with Gasteiger partial charge in [-0.05, 0) is 32.6 Å². The summed E-state index contributed by atoms with van der Waals surface area (Å²) in [4.78, 5) is 4.42. The molecule has 1 saturated carbocycles. The lowest BCUT2D eigenvalue weighted by Crippen LogP contribution is -2.40. The molecule has 1 rings (SSSR count). The quantitative estimate of drug-likeness (QED) is 0.400. The zero-order chi connectivity index (χ0) is 12.2. The topological polar surface area (TPSA) is 56.7 Å². The van der Waals surface area contributed by atoms with E-state index in [2.05, 4.69) is 22.5 Å². The zero-order valence-electron chi connectivity index (χ0n) is 11.3. The Morgan fingerprint density at radius 3 is 2.47 bits per heavy atom. The van der Waals surface area contributed by atoms with Crippen LogP contribution in [0.1, 0.15) is 40.5 Å². The van der Waals surface area contributed by atoms with Gasteiger partial charge in [0.25, 0.3) is 0 Å². The summed E-state index contributed by atoms with van der Waals surface area (Å²) in [5.41, 5.74) is -0.697. The third-order valence-corrected chi connectivity index (χ3v) is 3.12. The third-order valence-electron chi connectivity index (χ3n) is 3.12. The lowest BCUT2D eigenvalue weighted by Gasteiger charge is -2.19. The van der Waals surface area contributed by atoms with Crippen LogP contribution in [0.25, 0.3) is 0 Å². The van der Waals surface area contributed by atoms with Gasteiger partial charge in [0.05, 0.1) is 12.1 Å². The molecule has 1 aliphatic rings. The molecule has 0 aromatic rings. The van der Waals surface area contributed by atoms with Gasteiger partial charge in [-0.15, -0.1) is 24.0 Å². The Labute approximate surface area is 122 Å². The second-order valence-electron chi connectivity index (χ2n) is 5.01. The Morgan fingerprint density at radius 2 is 2.06 bits per heavy atom. The van der Waals surface area contributed by atoms with E-state index < -0.39 is 5.60 Å². The lowest BCUT2D eigenvalue weighted by molar-refractivity contribution is 0.0656. The van der Waals surface area contributed by atoms with Crippen LogP contribution in [-0.4, -0.2) is 35.8 Å². The minimum Gasteiger partial charge on any atom is -0.388 e. The minimum absolute atomic E-state index is 0. The van der Waals surface area contributed by atoms with E-state index in [-0.39, 0.29) is 24.0 Å². The fourth-order valence-corrected chi connectivity index (χ4v) is 1.38. The molecule has 0 amide bonds. The van der Waals surface area contributed by atoms with Gasteiger partial charge in [0, 0.05) is 12.6 Å². The molecule has 0 aliphatic heterocycles. The number of aliphatic hydroxyl groups is 1. The lowest BCUT2D eigenvalue weighted by atomic mass is 10.1. The summed E-state index contributed by atoms with van der Waals surface area (Å²) in [6.07, 6.45) is 1.93. The zero-order valence-corrected chi connectivity index (χ0v) is 13.6. The molecule has 3 atom stereocenters. The Balaban J connectivity index is 0.00000256. The van der Waals surface area contributed by atoms with Crippen molar-refractivity contribution in [2.24, 2.45) is 10.9 Å². The van der Waals surface area contributed by atoms with Gasteiger partial charge in [-0.1, -0.05) is 13.8 Å². The van der Waals surface area contributed by atoms with Crippen molar-refractivity contribution < 1.29 is 5.11 Å². The van der Waals surface area contributed by atoms with Gasteiger partial charge in [0.15, 0.2) is 5.96 Å². The van der Waals surface area contributed by atoms with Gasteiger partial charge in [0.1, 0.15) is 0 Å². The van der Waals surface area contributed by atoms with E-state index in [0.29, 0.717) is 12.6 Å². The van der Waals surface area contributed by atoms with Crippen LogP contribution in [-0.2, 0) is 0 Å². The number of halogens is 1. The van der Waals surface area contributed by atoms with E-state index in [9.17, 15) is 5.11 Å². The molecule has 1 fully saturated rings. The van der Waals surface area contributed by atoms with Crippen LogP contribution in [0.5, 0.6) is 0 Å². The Kier molecular flexibility index (Phi) is 7.39. The van der Waals surface area contributed by atoms with Gasteiger partial charge in [-0.2, -0.15) is 0 Å². The highest BCUT2D eigenvalue weighted by atomic mass is 127. The highest BCUT2D eigenvalue weighted by molar-refractivity contribution is 14.0. The molecule has 0 aromatic carbocycles. The maximum atomic E-state index is 9.88. The van der Waals surface area contributed by atoms with Crippen molar-refractivity contribution in [3.63, 3.8) is 0 Å². The Bertz CT molecular complexity index is 256. The second kappa shape index (κ2) is 7.41. The normalized spacial score (nSPS) is 26.8. The molecule has 3 N–H and O–H groups in total. The van der Waals surface area contributed by atoms with Gasteiger partial charge < -0.3 is 15.7 Å². The van der Waals surface area contributed by atoms with Crippen LogP contribution in [0.2, 0.25) is 0 Å². The molecule has 0 spiro atoms. The van der Waals surface area contributed by atoms with Crippen LogP contribution in [0.3, 0.4) is 0 Å². The van der Waals surface area contributed by atoms with E-state index in [1.165, 1.54) is 6.42 Å². The molecular formula is C12H26IN3O. The monoisotopic (exact) mass is 355 g/mol. The van der Waals surface area contributed by atoms with E-state index in [1.807, 2.05) is 20.8 Å². The Morgan fingerprint density at radius 1 is 1.47 bits per heavy atom. The Hall–Kier alpha value is -0.0400. The SMILES string of the molecule is CCNC(=NCC(C)(O)CC)NC1CC1C.I. The van der Waals surface area contributed by atoms with Crippen LogP contribution in [0.4, 0.5) is 0 Å². The first kappa shape index (κ1) is 17.0. The number of hydrogen-bond donors (Lipinski definition) is 3. The van der Waals surface area contributed by atoms with Crippen LogP contribution in [0.15, 0.2) is 4.99 Å². The molecule has 1 aliphatic carbocycles. The van der Waals surface area contributed by atoms with E-state index in [4.69, 9.17) is 0 Å². The molecule has 3 unspecified atom stereocenters. The van der Waals surface area contributed by atoms with Crippen molar-refractivity contribution in [1.29, 1.82) is 0 Å². The van der Waals surface area contributed by atoms with Gasteiger partial charge in [-0.3, -0.25) is 4.99 Å². The summed E-state index contributed by atoms with van der Waals surface area (Å²) >= 11 is 0. The predicted octanol–water partition coefficient (Wildman–Crippen LogP) is 1.73. The van der Waals surface area contributed by atoms with Crippen LogP contribution < -0.4 is 10.6 Å². The summed E-state index contributed by atoms with van der Waals surface area (Å²) in [6.45, 7) is 9.36. The molecule has 0 saturated heterocycles. The van der Waals surface area contributed by atoms with E-state index in [0.717, 1.165) is 24.8 Å². The number of aliphatic imine (C=N–C) groups is 1. The van der Waals surface area contributed by atoms with Crippen molar-refractivity contribution in [1.82, 2.24) is 10.6 Å². The summed E-state index contributed by atoms with van der Waals surface area (Å²) in [5, 5.41) is 16.4. The largest absolute Gasteiger partial charge is 0.388 e. The van der Waals surface area contributed by atoms with Crippen LogP contribution >= 0.6 is 24.0 Å². The van der Waals surface area contributed by atoms with Crippen molar-refractivity contribution in [2.45, 2.75) is 52.2 Å². The van der Waals surface area contributed by atoms with Gasteiger partial charge in [0.2, 0.25) is 0 Å². The summed E-state index contributed by atoms with van der Waals surface area (Å²) in [6, 6.07) is 0.560. The van der Waals surface area contributed by atoms with Crippen molar-refractivity contribution in [3.8, 4) is 0 Å². The first-order valence-corrected chi connectivity index (χ1v) is 6.25. The van der Waals surface area contributed by atoms with Crippen molar-refractivity contribution in [3.05, 3.63) is 0 Å². The molecule has 0 radical (unpaired) electrons. The number of rotatable bonds is 5. The molecule has 17 heavy (non-hydrogen) atoms. The summed E-state index contributed by atoms with van der Waals surface area (Å²) < 4.78 is 0. The standard InChI is InChI=1S/C12H25N3O.HI/c1-5-12(4,16)8-14-11(13-6-2)15-10-7-9(10)3;/h9-10,16H,5-8H2,1-4H3,(H2,13,14,15);1H. The number of nitrogens with zero attached hydrogens (tertiary/aromatic N) is 1. The molecule has 4 nitrogen and oxygen atoms in total. The summed E-state index contributed by atoms with van der Waals surface area (Å²) in [7, 11) is 0. The fraction of sp³-hybridized carbons (Fsp3) is 0.917. The predicted molar refractivity (Wildman–Crippen MR) is 83.0 cm³/mol.